The number of benzene rings is 2. The van der Waals surface area contributed by atoms with Crippen molar-refractivity contribution in [1.29, 1.82) is 5.26 Å². The molecule has 0 radical (unpaired) electrons. The van der Waals surface area contributed by atoms with Crippen molar-refractivity contribution < 1.29 is 9.13 Å². The van der Waals surface area contributed by atoms with Crippen molar-refractivity contribution in [3.05, 3.63) is 71.3 Å². The van der Waals surface area contributed by atoms with E-state index in [-0.39, 0.29) is 12.3 Å². The number of nitrogens with zero attached hydrogens (tertiary/aromatic N) is 3. The van der Waals surface area contributed by atoms with Crippen molar-refractivity contribution in [3.8, 4) is 11.8 Å². The summed E-state index contributed by atoms with van der Waals surface area (Å²) in [5.74, 6) is -0.185. The molecule has 0 spiro atoms. The number of rotatable bonds is 6. The summed E-state index contributed by atoms with van der Waals surface area (Å²) < 4.78 is 21.4. The Hall–Kier alpha value is -3.53. The molecule has 0 saturated carbocycles. The van der Waals surface area contributed by atoms with Gasteiger partial charge in [-0.3, -0.25) is 4.68 Å². The summed E-state index contributed by atoms with van der Waals surface area (Å²) in [6.07, 6.45) is 1.81. The highest BCUT2D eigenvalue weighted by atomic mass is 19.1. The van der Waals surface area contributed by atoms with Gasteiger partial charge in [-0.05, 0) is 23.8 Å². The van der Waals surface area contributed by atoms with Crippen molar-refractivity contribution in [3.63, 3.8) is 0 Å². The fraction of sp³-hybridized carbons (Fsp3) is 0.158. The molecule has 26 heavy (non-hydrogen) atoms. The van der Waals surface area contributed by atoms with Crippen LogP contribution in [-0.2, 0) is 20.2 Å². The summed E-state index contributed by atoms with van der Waals surface area (Å²) in [6.45, 7) is 0.679. The standard InChI is InChI=1S/C19H18FN5O/c1-25-7-6-15(24-25)12-26-16-8-17(20)19(22)18(9-16)23-11-14-4-2-13(10-21)3-5-14/h2-9,23H,11-12,22H2,1H3. The SMILES string of the molecule is Cn1ccc(COc2cc(F)c(N)c(NCc3ccc(C#N)cc3)c2)n1. The molecule has 0 amide bonds. The highest BCUT2D eigenvalue weighted by Crippen LogP contribution is 2.29. The first-order valence-electron chi connectivity index (χ1n) is 7.98. The lowest BCUT2D eigenvalue weighted by Crippen LogP contribution is -2.05. The molecule has 0 unspecified atom stereocenters. The number of hydrogen-bond acceptors (Lipinski definition) is 5. The molecule has 3 N–H and O–H groups in total. The number of aromatic nitrogens is 2. The van der Waals surface area contributed by atoms with E-state index in [1.165, 1.54) is 6.07 Å². The van der Waals surface area contributed by atoms with Crippen LogP contribution in [0.5, 0.6) is 5.75 Å². The van der Waals surface area contributed by atoms with E-state index in [9.17, 15) is 4.39 Å². The number of nitriles is 1. The molecule has 0 aliphatic carbocycles. The van der Waals surface area contributed by atoms with Crippen molar-refractivity contribution in [2.45, 2.75) is 13.2 Å². The van der Waals surface area contributed by atoms with Gasteiger partial charge in [-0.1, -0.05) is 12.1 Å². The monoisotopic (exact) mass is 351 g/mol. The largest absolute Gasteiger partial charge is 0.487 e. The Labute approximate surface area is 150 Å². The van der Waals surface area contributed by atoms with Crippen LogP contribution in [-0.4, -0.2) is 9.78 Å². The average molecular weight is 351 g/mol. The third kappa shape index (κ3) is 4.11. The highest BCUT2D eigenvalue weighted by Gasteiger charge is 2.10. The first-order chi connectivity index (χ1) is 12.5. The van der Waals surface area contributed by atoms with Crippen LogP contribution in [0.1, 0.15) is 16.8 Å². The van der Waals surface area contributed by atoms with Crippen LogP contribution < -0.4 is 15.8 Å². The van der Waals surface area contributed by atoms with Crippen molar-refractivity contribution >= 4 is 11.4 Å². The quantitative estimate of drug-likeness (QED) is 0.666. The van der Waals surface area contributed by atoms with Gasteiger partial charge in [-0.15, -0.1) is 0 Å². The van der Waals surface area contributed by atoms with Gasteiger partial charge in [0.05, 0.1) is 28.7 Å². The second-order valence-corrected chi connectivity index (χ2v) is 5.80. The number of nitrogens with one attached hydrogen (secondary N) is 1. The van der Waals surface area contributed by atoms with Gasteiger partial charge in [-0.25, -0.2) is 4.39 Å². The summed E-state index contributed by atoms with van der Waals surface area (Å²) in [5.41, 5.74) is 8.58. The molecule has 0 atom stereocenters. The molecule has 2 aromatic carbocycles. The fourth-order valence-electron chi connectivity index (χ4n) is 2.41. The molecule has 1 heterocycles. The second-order valence-electron chi connectivity index (χ2n) is 5.80. The van der Waals surface area contributed by atoms with E-state index < -0.39 is 5.82 Å². The molecule has 0 fully saturated rings. The van der Waals surface area contributed by atoms with Crippen LogP contribution in [0.15, 0.2) is 48.7 Å². The van der Waals surface area contributed by atoms with Crippen LogP contribution >= 0.6 is 0 Å². The van der Waals surface area contributed by atoms with Crippen LogP contribution in [0.2, 0.25) is 0 Å². The van der Waals surface area contributed by atoms with Gasteiger partial charge in [0.2, 0.25) is 0 Å². The maximum atomic E-state index is 14.1. The summed E-state index contributed by atoms with van der Waals surface area (Å²) in [7, 11) is 1.82. The van der Waals surface area contributed by atoms with E-state index in [2.05, 4.69) is 16.5 Å². The van der Waals surface area contributed by atoms with Gasteiger partial charge in [0.25, 0.3) is 0 Å². The molecule has 3 aromatic rings. The highest BCUT2D eigenvalue weighted by molar-refractivity contribution is 5.69. The number of aryl methyl sites for hydroxylation is 1. The summed E-state index contributed by atoms with van der Waals surface area (Å²) >= 11 is 0. The normalized spacial score (nSPS) is 10.3. The van der Waals surface area contributed by atoms with Crippen LogP contribution in [0.3, 0.4) is 0 Å². The minimum atomic E-state index is -0.550. The van der Waals surface area contributed by atoms with Crippen LogP contribution in [0.25, 0.3) is 0 Å². The zero-order valence-corrected chi connectivity index (χ0v) is 14.2. The first-order valence-corrected chi connectivity index (χ1v) is 7.98. The van der Waals surface area contributed by atoms with Crippen LogP contribution in [0, 0.1) is 17.1 Å². The summed E-state index contributed by atoms with van der Waals surface area (Å²) in [4.78, 5) is 0. The predicted molar refractivity (Wildman–Crippen MR) is 96.8 cm³/mol. The van der Waals surface area contributed by atoms with Gasteiger partial charge >= 0.3 is 0 Å². The van der Waals surface area contributed by atoms with Gasteiger partial charge in [0, 0.05) is 31.9 Å². The van der Waals surface area contributed by atoms with E-state index in [4.69, 9.17) is 15.7 Å². The molecular weight excluding hydrogens is 333 g/mol. The number of ether oxygens (including phenoxy) is 1. The third-order valence-corrected chi connectivity index (χ3v) is 3.82. The molecule has 6 nitrogen and oxygen atoms in total. The number of nitrogens with two attached hydrogens (primary N) is 1. The lowest BCUT2D eigenvalue weighted by Gasteiger charge is -2.13. The Balaban J connectivity index is 1.69. The Bertz CT molecular complexity index is 944. The minimum absolute atomic E-state index is 0.0313. The maximum absolute atomic E-state index is 14.1. The summed E-state index contributed by atoms with van der Waals surface area (Å²) in [5, 5.41) is 16.1. The van der Waals surface area contributed by atoms with E-state index in [1.807, 2.05) is 31.4 Å². The zero-order valence-electron chi connectivity index (χ0n) is 14.2. The minimum Gasteiger partial charge on any atom is -0.487 e. The van der Waals surface area contributed by atoms with Gasteiger partial charge in [0.1, 0.15) is 12.4 Å². The third-order valence-electron chi connectivity index (χ3n) is 3.82. The Kier molecular flexibility index (Phi) is 5.04. The smallest absolute Gasteiger partial charge is 0.151 e. The van der Waals surface area contributed by atoms with E-state index >= 15 is 0 Å². The van der Waals surface area contributed by atoms with Crippen molar-refractivity contribution in [2.75, 3.05) is 11.1 Å². The molecular formula is C19H18FN5O. The number of hydrogen-bond donors (Lipinski definition) is 2. The first kappa shape index (κ1) is 17.3. The predicted octanol–water partition coefficient (Wildman–Crippen LogP) is 3.20. The molecule has 0 aliphatic heterocycles. The van der Waals surface area contributed by atoms with Gasteiger partial charge in [0.15, 0.2) is 5.82 Å². The summed E-state index contributed by atoms with van der Waals surface area (Å²) in [6, 6.07) is 13.9. The molecule has 7 heteroatoms. The maximum Gasteiger partial charge on any atom is 0.151 e. The Morgan fingerprint density at radius 1 is 1.27 bits per heavy atom. The Morgan fingerprint density at radius 2 is 2.04 bits per heavy atom. The van der Waals surface area contributed by atoms with Crippen molar-refractivity contribution in [1.82, 2.24) is 9.78 Å². The zero-order chi connectivity index (χ0) is 18.5. The lowest BCUT2D eigenvalue weighted by molar-refractivity contribution is 0.299. The Morgan fingerprint density at radius 3 is 2.69 bits per heavy atom. The van der Waals surface area contributed by atoms with Gasteiger partial charge in [-0.2, -0.15) is 10.4 Å². The second kappa shape index (κ2) is 7.57. The van der Waals surface area contributed by atoms with E-state index in [0.717, 1.165) is 11.3 Å². The number of anilines is 2. The fourth-order valence-corrected chi connectivity index (χ4v) is 2.41. The van der Waals surface area contributed by atoms with Gasteiger partial charge < -0.3 is 15.8 Å². The van der Waals surface area contributed by atoms with Crippen LogP contribution in [0.4, 0.5) is 15.8 Å². The van der Waals surface area contributed by atoms with Crippen molar-refractivity contribution in [2.24, 2.45) is 7.05 Å². The molecule has 1 aromatic heterocycles. The average Bonchev–Trinajstić information content (AvgIpc) is 3.07. The van der Waals surface area contributed by atoms with E-state index in [1.54, 1.807) is 22.9 Å². The topological polar surface area (TPSA) is 88.9 Å². The number of halogens is 1. The molecule has 0 saturated heterocycles. The number of nitrogen functional groups attached to an aromatic ring is 1. The molecule has 0 aliphatic rings. The molecule has 3 rings (SSSR count). The van der Waals surface area contributed by atoms with E-state index in [0.29, 0.717) is 23.5 Å². The molecule has 0 bridgehead atoms. The lowest BCUT2D eigenvalue weighted by atomic mass is 10.1. The molecule has 132 valence electrons.